The Kier molecular flexibility index (Phi) is 8.42. The highest BCUT2D eigenvalue weighted by Gasteiger charge is 2.38. The normalized spacial score (nSPS) is 19.7. The highest BCUT2D eigenvalue weighted by atomic mass is 16.5. The van der Waals surface area contributed by atoms with E-state index >= 15 is 0 Å². The Morgan fingerprint density at radius 1 is 0.833 bits per heavy atom. The van der Waals surface area contributed by atoms with E-state index in [0.717, 1.165) is 106 Å². The van der Waals surface area contributed by atoms with Crippen molar-refractivity contribution in [3.8, 4) is 11.5 Å². The Morgan fingerprint density at radius 2 is 1.44 bits per heavy atom. The van der Waals surface area contributed by atoms with E-state index in [0.29, 0.717) is 37.5 Å². The van der Waals surface area contributed by atoms with Crippen LogP contribution in [0.25, 0.3) is 5.57 Å². The molecular formula is C39H43N3O6. The van der Waals surface area contributed by atoms with E-state index in [2.05, 4.69) is 26.9 Å². The van der Waals surface area contributed by atoms with E-state index < -0.39 is 5.97 Å². The summed E-state index contributed by atoms with van der Waals surface area (Å²) in [4.78, 5) is 35.1. The van der Waals surface area contributed by atoms with Crippen molar-refractivity contribution in [1.82, 2.24) is 0 Å². The summed E-state index contributed by atoms with van der Waals surface area (Å²) in [7, 11) is 1.62. The summed E-state index contributed by atoms with van der Waals surface area (Å²) >= 11 is 0. The number of aryl methyl sites for hydroxylation is 2. The quantitative estimate of drug-likeness (QED) is 0.298. The van der Waals surface area contributed by atoms with Crippen LogP contribution in [0, 0.1) is 0 Å². The fourth-order valence-corrected chi connectivity index (χ4v) is 8.57. The fourth-order valence-electron chi connectivity index (χ4n) is 8.57. The number of methoxy groups -OCH3 is 1. The van der Waals surface area contributed by atoms with Gasteiger partial charge in [-0.25, -0.2) is 9.79 Å². The van der Waals surface area contributed by atoms with Gasteiger partial charge < -0.3 is 29.1 Å². The number of aliphatic imine (C=N–C) groups is 1. The number of carboxylic acids is 1. The van der Waals surface area contributed by atoms with Gasteiger partial charge in [0.25, 0.3) is 0 Å². The molecule has 0 fully saturated rings. The van der Waals surface area contributed by atoms with Gasteiger partial charge in [0.1, 0.15) is 11.5 Å². The number of carbonyl (C=O) groups excluding carboxylic acids is 1. The molecule has 0 atom stereocenters. The van der Waals surface area contributed by atoms with Crippen LogP contribution in [-0.4, -0.2) is 75.8 Å². The molecule has 6 aliphatic rings. The number of allylic oxidation sites excluding steroid dienone is 3. The average molecular weight is 650 g/mol. The Balaban J connectivity index is 1.26. The van der Waals surface area contributed by atoms with Crippen LogP contribution in [-0.2, 0) is 44.7 Å². The largest absolute Gasteiger partial charge is 0.478 e. The number of carbonyl (C=O) groups is 2. The van der Waals surface area contributed by atoms with Crippen LogP contribution in [0.3, 0.4) is 0 Å². The number of anilines is 2. The highest BCUT2D eigenvalue weighted by Crippen LogP contribution is 2.56. The van der Waals surface area contributed by atoms with Gasteiger partial charge in [0.15, 0.2) is 0 Å². The van der Waals surface area contributed by atoms with Gasteiger partial charge in [-0.05, 0) is 98.8 Å². The first-order valence-corrected chi connectivity index (χ1v) is 17.6. The number of fused-ring (bicyclic) bond motifs is 4. The number of rotatable bonds is 8. The van der Waals surface area contributed by atoms with Crippen molar-refractivity contribution in [2.75, 3.05) is 62.9 Å². The lowest BCUT2D eigenvalue weighted by molar-refractivity contribution is -0.132. The zero-order valence-electron chi connectivity index (χ0n) is 27.7. The summed E-state index contributed by atoms with van der Waals surface area (Å²) in [5.74, 6) is 0.438. The summed E-state index contributed by atoms with van der Waals surface area (Å²) in [5.41, 5.74) is 11.8. The van der Waals surface area contributed by atoms with E-state index in [4.69, 9.17) is 14.2 Å². The van der Waals surface area contributed by atoms with Crippen LogP contribution < -0.4 is 14.5 Å². The molecule has 1 amide bonds. The molecule has 48 heavy (non-hydrogen) atoms. The molecule has 1 aliphatic carbocycles. The second-order valence-corrected chi connectivity index (χ2v) is 13.6. The van der Waals surface area contributed by atoms with Gasteiger partial charge in [-0.2, -0.15) is 0 Å². The van der Waals surface area contributed by atoms with E-state index in [1.165, 1.54) is 33.6 Å². The number of carboxylic acid groups (broad SMARTS) is 1. The zero-order chi connectivity index (χ0) is 32.8. The lowest BCUT2D eigenvalue weighted by Crippen LogP contribution is -2.36. The minimum atomic E-state index is -1.04. The summed E-state index contributed by atoms with van der Waals surface area (Å²) in [6.45, 7) is 5.68. The maximum Gasteiger partial charge on any atom is 0.336 e. The predicted octanol–water partition coefficient (Wildman–Crippen LogP) is 5.98. The second-order valence-electron chi connectivity index (χ2n) is 13.6. The van der Waals surface area contributed by atoms with Crippen LogP contribution >= 0.6 is 0 Å². The molecule has 1 N–H and O–H groups in total. The third-order valence-corrected chi connectivity index (χ3v) is 10.6. The van der Waals surface area contributed by atoms with Gasteiger partial charge in [0.05, 0.1) is 24.5 Å². The molecule has 5 heterocycles. The van der Waals surface area contributed by atoms with E-state index in [-0.39, 0.29) is 17.9 Å². The summed E-state index contributed by atoms with van der Waals surface area (Å²) in [6, 6.07) is 4.56. The molecule has 2 aromatic carbocycles. The molecule has 0 saturated carbocycles. The molecule has 0 spiro atoms. The molecule has 2 aromatic rings. The van der Waals surface area contributed by atoms with Gasteiger partial charge in [0.2, 0.25) is 5.91 Å². The average Bonchev–Trinajstić information content (AvgIpc) is 3.10. The van der Waals surface area contributed by atoms with E-state index in [9.17, 15) is 14.7 Å². The second kappa shape index (κ2) is 13.0. The molecule has 9 nitrogen and oxygen atoms in total. The Morgan fingerprint density at radius 3 is 2.02 bits per heavy atom. The van der Waals surface area contributed by atoms with Crippen molar-refractivity contribution in [3.63, 3.8) is 0 Å². The standard InChI is InChI=1S/C39H43N3O6/c1-46-19-20-47-18-6-11-33(43)40-26-12-13-27(30(23-26)39(44)45)34-31-21-24-7-2-14-41-16-4-9-28(35(24)41)37(31)48-38-29-10-5-17-42-15-3-8-25(36(29)42)22-32(34)38/h12-13,21-23H,2-11,14-20H2,1H3,(H,44,45). The number of aliphatic carboxylic acids is 1. The maximum atomic E-state index is 13.0. The molecular weight excluding hydrogens is 606 g/mol. The van der Waals surface area contributed by atoms with Gasteiger partial charge in [-0.1, -0.05) is 6.08 Å². The van der Waals surface area contributed by atoms with Crippen LogP contribution in [0.5, 0.6) is 11.5 Å². The van der Waals surface area contributed by atoms with Gasteiger partial charge in [-0.3, -0.25) is 4.79 Å². The maximum absolute atomic E-state index is 13.0. The first-order valence-electron chi connectivity index (χ1n) is 17.6. The van der Waals surface area contributed by atoms with Crippen LogP contribution in [0.1, 0.15) is 71.9 Å². The SMILES string of the molecule is COCCOCCCC(=O)N=C1C=CC(=C2c3cc4c5c(c3Oc3c2cc2c6c3CCCN6CCC2)CCCN5CCC4)C(C(=O)O)=C1. The molecule has 8 rings (SSSR count). The summed E-state index contributed by atoms with van der Waals surface area (Å²) in [6.07, 6.45) is 14.2. The number of ether oxygens (including phenoxy) is 3. The van der Waals surface area contributed by atoms with Crippen molar-refractivity contribution < 1.29 is 28.9 Å². The first-order chi connectivity index (χ1) is 23.5. The first kappa shape index (κ1) is 31.1. The van der Waals surface area contributed by atoms with Crippen molar-refractivity contribution in [1.29, 1.82) is 0 Å². The highest BCUT2D eigenvalue weighted by molar-refractivity contribution is 6.17. The molecule has 5 aliphatic heterocycles. The summed E-state index contributed by atoms with van der Waals surface area (Å²) in [5, 5.41) is 10.7. The van der Waals surface area contributed by atoms with Crippen molar-refractivity contribution >= 4 is 34.5 Å². The Hall–Kier alpha value is -4.21. The minimum Gasteiger partial charge on any atom is -0.478 e. The molecule has 250 valence electrons. The monoisotopic (exact) mass is 649 g/mol. The third-order valence-electron chi connectivity index (χ3n) is 10.6. The van der Waals surface area contributed by atoms with Crippen LogP contribution in [0.15, 0.2) is 46.5 Å². The van der Waals surface area contributed by atoms with Crippen molar-refractivity contribution in [2.24, 2.45) is 4.99 Å². The van der Waals surface area contributed by atoms with Gasteiger partial charge in [-0.15, -0.1) is 0 Å². The molecule has 0 unspecified atom stereocenters. The van der Waals surface area contributed by atoms with E-state index in [1.807, 2.05) is 6.08 Å². The minimum absolute atomic E-state index is 0.140. The van der Waals surface area contributed by atoms with Crippen molar-refractivity contribution in [2.45, 2.75) is 64.2 Å². The van der Waals surface area contributed by atoms with Crippen LogP contribution in [0.4, 0.5) is 11.4 Å². The topological polar surface area (TPSA) is 101 Å². The van der Waals surface area contributed by atoms with Crippen molar-refractivity contribution in [3.05, 3.63) is 74.9 Å². The fraction of sp³-hybridized carbons (Fsp3) is 0.462. The lowest BCUT2D eigenvalue weighted by Gasteiger charge is -2.42. The number of hydrogen-bond acceptors (Lipinski definition) is 7. The molecule has 9 heteroatoms. The zero-order valence-corrected chi connectivity index (χ0v) is 27.7. The van der Waals surface area contributed by atoms with Gasteiger partial charge >= 0.3 is 5.97 Å². The molecule has 0 radical (unpaired) electrons. The predicted molar refractivity (Wildman–Crippen MR) is 186 cm³/mol. The lowest BCUT2D eigenvalue weighted by atomic mass is 9.78. The molecule has 0 bridgehead atoms. The smallest absolute Gasteiger partial charge is 0.336 e. The summed E-state index contributed by atoms with van der Waals surface area (Å²) < 4.78 is 17.6. The van der Waals surface area contributed by atoms with E-state index in [1.54, 1.807) is 19.3 Å². The molecule has 0 saturated heterocycles. The number of benzene rings is 2. The third kappa shape index (κ3) is 5.47. The Bertz CT molecular complexity index is 1730. The van der Waals surface area contributed by atoms with Crippen LogP contribution in [0.2, 0.25) is 0 Å². The molecule has 0 aromatic heterocycles. The van der Waals surface area contributed by atoms with Gasteiger partial charge in [0, 0.05) is 85.5 Å². The number of nitrogens with zero attached hydrogens (tertiary/aromatic N) is 3. The Labute approximate surface area is 281 Å². The number of hydrogen-bond donors (Lipinski definition) is 1. The number of amides is 1.